The third kappa shape index (κ3) is 2.46. The van der Waals surface area contributed by atoms with E-state index in [2.05, 4.69) is 43.3 Å². The lowest BCUT2D eigenvalue weighted by Crippen LogP contribution is -3.11. The Morgan fingerprint density at radius 2 is 2.00 bits per heavy atom. The molecule has 1 N–H and O–H groups in total. The van der Waals surface area contributed by atoms with Gasteiger partial charge in [0.2, 0.25) is 0 Å². The number of hydrogen-bond acceptors (Lipinski definition) is 0. The Labute approximate surface area is 86.1 Å². The average Bonchev–Trinajstić information content (AvgIpc) is 2.19. The van der Waals surface area contributed by atoms with Crippen molar-refractivity contribution in [2.24, 2.45) is 0 Å². The average molecular weight is 188 g/mol. The van der Waals surface area contributed by atoms with Gasteiger partial charge in [0.15, 0.2) is 0 Å². The fraction of sp³-hybridized carbons (Fsp3) is 0.385. The van der Waals surface area contributed by atoms with Crippen LogP contribution in [0, 0.1) is 0 Å². The van der Waals surface area contributed by atoms with Crippen molar-refractivity contribution in [3.8, 4) is 0 Å². The van der Waals surface area contributed by atoms with Gasteiger partial charge in [0.05, 0.1) is 13.1 Å². The molecular weight excluding hydrogens is 170 g/mol. The van der Waals surface area contributed by atoms with Gasteiger partial charge in [0.1, 0.15) is 6.54 Å². The molecule has 74 valence electrons. The van der Waals surface area contributed by atoms with Crippen LogP contribution in [-0.4, -0.2) is 13.1 Å². The van der Waals surface area contributed by atoms with Crippen LogP contribution in [0.2, 0.25) is 0 Å². The molecule has 0 fully saturated rings. The Morgan fingerprint density at radius 1 is 1.21 bits per heavy atom. The van der Waals surface area contributed by atoms with Crippen molar-refractivity contribution in [1.29, 1.82) is 0 Å². The van der Waals surface area contributed by atoms with Crippen LogP contribution in [0.15, 0.2) is 42.0 Å². The molecule has 0 radical (unpaired) electrons. The highest BCUT2D eigenvalue weighted by Gasteiger charge is 2.12. The van der Waals surface area contributed by atoms with Gasteiger partial charge in [0.25, 0.3) is 0 Å². The first-order chi connectivity index (χ1) is 6.84. The topological polar surface area (TPSA) is 4.44 Å². The molecule has 1 heteroatoms. The molecule has 1 aliphatic heterocycles. The normalized spacial score (nSPS) is 21.8. The molecule has 0 aromatic heterocycles. The molecule has 14 heavy (non-hydrogen) atoms. The monoisotopic (exact) mass is 188 g/mol. The lowest BCUT2D eigenvalue weighted by Gasteiger charge is -2.22. The first-order valence-corrected chi connectivity index (χ1v) is 5.38. The Hall–Kier alpha value is -1.08. The van der Waals surface area contributed by atoms with E-state index < -0.39 is 0 Å². The van der Waals surface area contributed by atoms with Gasteiger partial charge in [-0.25, -0.2) is 0 Å². The lowest BCUT2D eigenvalue weighted by atomic mass is 10.1. The summed E-state index contributed by atoms with van der Waals surface area (Å²) in [6.07, 6.45) is 3.61. The second kappa shape index (κ2) is 4.43. The Balaban J connectivity index is 1.96. The second-order valence-electron chi connectivity index (χ2n) is 4.18. The maximum atomic E-state index is 2.37. The third-order valence-corrected chi connectivity index (χ3v) is 2.82. The van der Waals surface area contributed by atoms with Gasteiger partial charge >= 0.3 is 0 Å². The van der Waals surface area contributed by atoms with Crippen LogP contribution in [-0.2, 0) is 6.54 Å². The highest BCUT2D eigenvalue weighted by molar-refractivity contribution is 5.13. The van der Waals surface area contributed by atoms with E-state index in [0.29, 0.717) is 0 Å². The first kappa shape index (κ1) is 9.47. The van der Waals surface area contributed by atoms with Gasteiger partial charge in [-0.05, 0) is 12.5 Å². The smallest absolute Gasteiger partial charge is 0.103 e. The predicted octanol–water partition coefficient (Wildman–Crippen LogP) is 1.42. The summed E-state index contributed by atoms with van der Waals surface area (Å²) >= 11 is 0. The second-order valence-corrected chi connectivity index (χ2v) is 4.18. The molecule has 0 spiro atoms. The summed E-state index contributed by atoms with van der Waals surface area (Å²) in [5.41, 5.74) is 3.00. The van der Waals surface area contributed by atoms with Crippen LogP contribution in [0.4, 0.5) is 0 Å². The minimum Gasteiger partial charge on any atom is -0.327 e. The summed E-state index contributed by atoms with van der Waals surface area (Å²) in [6, 6.07) is 10.8. The molecule has 1 heterocycles. The Bertz CT molecular complexity index is 313. The van der Waals surface area contributed by atoms with Crippen LogP contribution in [0.5, 0.6) is 0 Å². The van der Waals surface area contributed by atoms with Crippen molar-refractivity contribution in [2.75, 3.05) is 13.1 Å². The van der Waals surface area contributed by atoms with Gasteiger partial charge in [0, 0.05) is 12.0 Å². The molecule has 0 amide bonds. The standard InChI is InChI=1S/C13H17N/c1-12-6-5-9-14(10-12)11-13-7-3-2-4-8-13/h2-4,6-8H,5,9-11H2,1H3/p+1. The molecule has 0 aliphatic carbocycles. The zero-order valence-corrected chi connectivity index (χ0v) is 8.79. The van der Waals surface area contributed by atoms with Crippen molar-refractivity contribution < 1.29 is 4.90 Å². The Morgan fingerprint density at radius 3 is 2.71 bits per heavy atom. The van der Waals surface area contributed by atoms with E-state index in [4.69, 9.17) is 0 Å². The maximum Gasteiger partial charge on any atom is 0.103 e. The van der Waals surface area contributed by atoms with E-state index in [9.17, 15) is 0 Å². The zero-order chi connectivity index (χ0) is 9.80. The molecule has 2 rings (SSSR count). The molecule has 1 unspecified atom stereocenters. The third-order valence-electron chi connectivity index (χ3n) is 2.82. The fourth-order valence-electron chi connectivity index (χ4n) is 2.11. The largest absolute Gasteiger partial charge is 0.327 e. The highest BCUT2D eigenvalue weighted by atomic mass is 15.1. The quantitative estimate of drug-likeness (QED) is 0.670. The van der Waals surface area contributed by atoms with E-state index in [-0.39, 0.29) is 0 Å². The van der Waals surface area contributed by atoms with Crippen LogP contribution in [0.3, 0.4) is 0 Å². The number of nitrogens with one attached hydrogen (secondary N) is 1. The van der Waals surface area contributed by atoms with Gasteiger partial charge < -0.3 is 4.90 Å². The minimum absolute atomic E-state index is 1.17. The number of quaternary nitrogens is 1. The lowest BCUT2D eigenvalue weighted by molar-refractivity contribution is -0.910. The molecule has 0 bridgehead atoms. The predicted molar refractivity (Wildman–Crippen MR) is 59.2 cm³/mol. The van der Waals surface area contributed by atoms with Gasteiger partial charge in [-0.1, -0.05) is 36.4 Å². The van der Waals surface area contributed by atoms with E-state index in [0.717, 1.165) is 0 Å². The van der Waals surface area contributed by atoms with Gasteiger partial charge in [-0.3, -0.25) is 0 Å². The van der Waals surface area contributed by atoms with Crippen molar-refractivity contribution in [3.63, 3.8) is 0 Å². The molecule has 1 aliphatic rings. The summed E-state index contributed by atoms with van der Waals surface area (Å²) in [5, 5.41) is 0. The van der Waals surface area contributed by atoms with E-state index >= 15 is 0 Å². The maximum absolute atomic E-state index is 2.37. The summed E-state index contributed by atoms with van der Waals surface area (Å²) in [5.74, 6) is 0. The molecule has 1 aromatic carbocycles. The van der Waals surface area contributed by atoms with Crippen molar-refractivity contribution >= 4 is 0 Å². The van der Waals surface area contributed by atoms with E-state index in [1.807, 2.05) is 0 Å². The molecule has 1 atom stereocenters. The number of hydrogen-bond donors (Lipinski definition) is 1. The highest BCUT2D eigenvalue weighted by Crippen LogP contribution is 1.99. The number of rotatable bonds is 2. The van der Waals surface area contributed by atoms with Crippen LogP contribution in [0.25, 0.3) is 0 Å². The molecule has 0 saturated heterocycles. The molecule has 1 nitrogen and oxygen atoms in total. The summed E-state index contributed by atoms with van der Waals surface area (Å²) < 4.78 is 0. The molecule has 1 aromatic rings. The fourth-order valence-corrected chi connectivity index (χ4v) is 2.11. The van der Waals surface area contributed by atoms with Crippen molar-refractivity contribution in [3.05, 3.63) is 47.5 Å². The molecule has 0 saturated carbocycles. The Kier molecular flexibility index (Phi) is 3.00. The van der Waals surface area contributed by atoms with Gasteiger partial charge in [-0.15, -0.1) is 0 Å². The van der Waals surface area contributed by atoms with Crippen LogP contribution < -0.4 is 4.90 Å². The van der Waals surface area contributed by atoms with E-state index in [1.54, 1.807) is 10.5 Å². The van der Waals surface area contributed by atoms with Crippen LogP contribution >= 0.6 is 0 Å². The first-order valence-electron chi connectivity index (χ1n) is 5.38. The summed E-state index contributed by atoms with van der Waals surface area (Å²) in [6.45, 7) is 5.91. The summed E-state index contributed by atoms with van der Waals surface area (Å²) in [7, 11) is 0. The van der Waals surface area contributed by atoms with Crippen LogP contribution in [0.1, 0.15) is 18.9 Å². The SMILES string of the molecule is CC1=CCC[NH+](Cc2ccccc2)C1. The van der Waals surface area contributed by atoms with Crippen molar-refractivity contribution in [2.45, 2.75) is 19.9 Å². The number of benzene rings is 1. The molecular formula is C13H18N+. The van der Waals surface area contributed by atoms with Crippen molar-refractivity contribution in [1.82, 2.24) is 0 Å². The van der Waals surface area contributed by atoms with E-state index in [1.165, 1.54) is 31.6 Å². The minimum atomic E-state index is 1.17. The summed E-state index contributed by atoms with van der Waals surface area (Å²) in [4.78, 5) is 1.69. The zero-order valence-electron chi connectivity index (χ0n) is 8.79. The van der Waals surface area contributed by atoms with Gasteiger partial charge in [-0.2, -0.15) is 0 Å².